The minimum Gasteiger partial charge on any atom is -0.482 e. The summed E-state index contributed by atoms with van der Waals surface area (Å²) in [5.41, 5.74) is 5.03. The molecule has 0 radical (unpaired) electrons. The molecular weight excluding hydrogens is 532 g/mol. The van der Waals surface area contributed by atoms with E-state index in [4.69, 9.17) is 9.72 Å². The van der Waals surface area contributed by atoms with Gasteiger partial charge in [-0.25, -0.2) is 14.3 Å². The molecule has 2 aromatic carbocycles. The van der Waals surface area contributed by atoms with Gasteiger partial charge >= 0.3 is 0 Å². The van der Waals surface area contributed by atoms with Crippen LogP contribution in [0.4, 0.5) is 23.0 Å². The number of likely N-dealkylation sites (N-methyl/N-ethyl adjacent to an activating group) is 1. The maximum atomic E-state index is 13.6. The average Bonchev–Trinajstić information content (AvgIpc) is 3.26. The number of amides is 1. The highest BCUT2D eigenvalue weighted by Gasteiger charge is 2.27. The summed E-state index contributed by atoms with van der Waals surface area (Å²) in [6.45, 7) is 7.26. The number of benzene rings is 2. The van der Waals surface area contributed by atoms with E-state index >= 15 is 0 Å². The number of carbonyl (C=O) groups excluding carboxylic acids is 1. The molecule has 2 bridgehead atoms. The van der Waals surface area contributed by atoms with Crippen LogP contribution in [0.1, 0.15) is 18.4 Å². The van der Waals surface area contributed by atoms with Gasteiger partial charge in [-0.15, -0.1) is 0 Å². The fraction of sp³-hybridized carbons (Fsp3) is 0.355. The van der Waals surface area contributed by atoms with Crippen LogP contribution in [0, 0.1) is 6.92 Å². The van der Waals surface area contributed by atoms with E-state index < -0.39 is 0 Å². The lowest BCUT2D eigenvalue weighted by atomic mass is 10.1. The van der Waals surface area contributed by atoms with Crippen molar-refractivity contribution in [3.63, 3.8) is 0 Å². The van der Waals surface area contributed by atoms with Crippen molar-refractivity contribution >= 4 is 40.0 Å². The molecule has 42 heavy (non-hydrogen) atoms. The molecule has 1 fully saturated rings. The van der Waals surface area contributed by atoms with Gasteiger partial charge in [-0.1, -0.05) is 12.2 Å². The molecule has 11 nitrogen and oxygen atoms in total. The Balaban J connectivity index is 1.28. The first kappa shape index (κ1) is 26.3. The quantitative estimate of drug-likeness (QED) is 0.377. The number of piperazine rings is 1. The predicted octanol–water partition coefficient (Wildman–Crippen LogP) is 3.46. The van der Waals surface area contributed by atoms with Gasteiger partial charge < -0.3 is 24.8 Å². The fourth-order valence-corrected chi connectivity index (χ4v) is 6.01. The van der Waals surface area contributed by atoms with E-state index in [9.17, 15) is 9.59 Å². The molecular formula is C31H34N8O3. The van der Waals surface area contributed by atoms with Crippen LogP contribution < -0.4 is 25.4 Å². The van der Waals surface area contributed by atoms with E-state index in [1.165, 1.54) is 11.3 Å². The lowest BCUT2D eigenvalue weighted by Gasteiger charge is -2.35. The summed E-state index contributed by atoms with van der Waals surface area (Å²) in [6.07, 6.45) is 7.26. The summed E-state index contributed by atoms with van der Waals surface area (Å²) in [7, 11) is 2.16. The normalized spacial score (nSPS) is 18.2. The number of aromatic nitrogens is 4. The molecule has 0 unspecified atom stereocenters. The van der Waals surface area contributed by atoms with Crippen LogP contribution >= 0.6 is 0 Å². The van der Waals surface area contributed by atoms with Crippen LogP contribution in [0.15, 0.2) is 59.5 Å². The topological polar surface area (TPSA) is 101 Å². The van der Waals surface area contributed by atoms with Gasteiger partial charge in [-0.05, 0) is 68.8 Å². The highest BCUT2D eigenvalue weighted by molar-refractivity contribution is 5.98. The van der Waals surface area contributed by atoms with Gasteiger partial charge in [0.05, 0.1) is 17.9 Å². The predicted molar refractivity (Wildman–Crippen MR) is 164 cm³/mol. The summed E-state index contributed by atoms with van der Waals surface area (Å²) in [5, 5.41) is 3.77. The van der Waals surface area contributed by atoms with Crippen molar-refractivity contribution in [2.75, 3.05) is 61.5 Å². The van der Waals surface area contributed by atoms with Crippen molar-refractivity contribution in [3.8, 4) is 11.4 Å². The van der Waals surface area contributed by atoms with Crippen LogP contribution in [0.3, 0.4) is 0 Å². The second-order valence-electron chi connectivity index (χ2n) is 11.1. The minimum atomic E-state index is -0.174. The van der Waals surface area contributed by atoms with E-state index in [-0.39, 0.29) is 18.1 Å². The SMILES string of the molecule is Cc1cc(Nc2ncc3c(=O)n4n(c3n2)-c2ccc3c(c2)N(CCC/C=C\C4)C(=O)CO3)ccc1N1CCN(C)CC1. The molecule has 4 aromatic rings. The van der Waals surface area contributed by atoms with Gasteiger partial charge in [-0.2, -0.15) is 4.98 Å². The largest absolute Gasteiger partial charge is 0.482 e. The Labute approximate surface area is 243 Å². The fourth-order valence-electron chi connectivity index (χ4n) is 6.01. The Morgan fingerprint density at radius 1 is 0.952 bits per heavy atom. The number of anilines is 4. The Kier molecular flexibility index (Phi) is 6.66. The summed E-state index contributed by atoms with van der Waals surface area (Å²) in [4.78, 5) is 42.2. The van der Waals surface area contributed by atoms with Gasteiger partial charge in [0, 0.05) is 50.3 Å². The van der Waals surface area contributed by atoms with Gasteiger partial charge in [-0.3, -0.25) is 9.59 Å². The molecule has 3 aliphatic rings. The van der Waals surface area contributed by atoms with Gasteiger partial charge in [0.25, 0.3) is 11.5 Å². The lowest BCUT2D eigenvalue weighted by Crippen LogP contribution is -2.44. The minimum absolute atomic E-state index is 0.0252. The van der Waals surface area contributed by atoms with Gasteiger partial charge in [0.15, 0.2) is 12.3 Å². The van der Waals surface area contributed by atoms with E-state index in [0.29, 0.717) is 41.5 Å². The number of carbonyl (C=O) groups is 1. The molecule has 0 atom stereocenters. The number of fused-ring (bicyclic) bond motifs is 5. The third-order valence-corrected chi connectivity index (χ3v) is 8.30. The monoisotopic (exact) mass is 566 g/mol. The molecule has 1 saturated heterocycles. The maximum absolute atomic E-state index is 13.6. The molecule has 7 rings (SSSR count). The molecule has 2 aromatic heterocycles. The van der Waals surface area contributed by atoms with E-state index in [2.05, 4.69) is 52.3 Å². The average molecular weight is 567 g/mol. The second kappa shape index (κ2) is 10.6. The van der Waals surface area contributed by atoms with Crippen molar-refractivity contribution in [1.29, 1.82) is 0 Å². The highest BCUT2D eigenvalue weighted by Crippen LogP contribution is 2.35. The lowest BCUT2D eigenvalue weighted by molar-refractivity contribution is -0.121. The van der Waals surface area contributed by atoms with Crippen molar-refractivity contribution in [1.82, 2.24) is 24.2 Å². The van der Waals surface area contributed by atoms with E-state index in [1.54, 1.807) is 15.8 Å². The number of nitrogens with zero attached hydrogens (tertiary/aromatic N) is 7. The summed E-state index contributed by atoms with van der Waals surface area (Å²) < 4.78 is 9.20. The first-order valence-corrected chi connectivity index (χ1v) is 14.5. The van der Waals surface area contributed by atoms with Crippen molar-refractivity contribution in [2.24, 2.45) is 0 Å². The third-order valence-electron chi connectivity index (χ3n) is 8.30. The van der Waals surface area contributed by atoms with Crippen LogP contribution in [-0.4, -0.2) is 76.5 Å². The molecule has 216 valence electrons. The van der Waals surface area contributed by atoms with Crippen LogP contribution in [0.2, 0.25) is 0 Å². The number of nitrogens with one attached hydrogen (secondary N) is 1. The molecule has 3 aliphatic heterocycles. The molecule has 1 amide bonds. The molecule has 11 heteroatoms. The number of hydrogen-bond donors (Lipinski definition) is 1. The summed E-state index contributed by atoms with van der Waals surface area (Å²) in [6, 6.07) is 12.0. The zero-order valence-corrected chi connectivity index (χ0v) is 23.9. The second-order valence-corrected chi connectivity index (χ2v) is 11.1. The van der Waals surface area contributed by atoms with Crippen LogP contribution in [0.25, 0.3) is 16.7 Å². The van der Waals surface area contributed by atoms with Gasteiger partial charge in [0.1, 0.15) is 11.1 Å². The van der Waals surface area contributed by atoms with Crippen LogP contribution in [-0.2, 0) is 11.3 Å². The first-order valence-electron chi connectivity index (χ1n) is 14.5. The number of aryl methyl sites for hydroxylation is 1. The number of ether oxygens (including phenoxy) is 1. The van der Waals surface area contributed by atoms with Crippen molar-refractivity contribution in [3.05, 3.63) is 70.7 Å². The zero-order valence-electron chi connectivity index (χ0n) is 23.9. The summed E-state index contributed by atoms with van der Waals surface area (Å²) in [5.74, 6) is 0.983. The number of hydrogen-bond acceptors (Lipinski definition) is 8. The zero-order chi connectivity index (χ0) is 28.8. The van der Waals surface area contributed by atoms with Gasteiger partial charge in [0.2, 0.25) is 5.95 Å². The number of rotatable bonds is 3. The maximum Gasteiger partial charge on any atom is 0.278 e. The highest BCUT2D eigenvalue weighted by atomic mass is 16.5. The number of allylic oxidation sites excluding steroid dienone is 2. The Bertz CT molecular complexity index is 1770. The molecule has 0 aliphatic carbocycles. The first-order chi connectivity index (χ1) is 20.5. The Morgan fingerprint density at radius 3 is 2.64 bits per heavy atom. The third kappa shape index (κ3) is 4.69. The van der Waals surface area contributed by atoms with Crippen molar-refractivity contribution in [2.45, 2.75) is 26.3 Å². The summed E-state index contributed by atoms with van der Waals surface area (Å²) >= 11 is 0. The van der Waals surface area contributed by atoms with Crippen molar-refractivity contribution < 1.29 is 9.53 Å². The molecule has 1 N–H and O–H groups in total. The molecule has 0 spiro atoms. The smallest absolute Gasteiger partial charge is 0.278 e. The Hall–Kier alpha value is -4.64. The Morgan fingerprint density at radius 2 is 1.81 bits per heavy atom. The molecule has 0 saturated carbocycles. The molecule has 5 heterocycles. The van der Waals surface area contributed by atoms with Crippen LogP contribution in [0.5, 0.6) is 5.75 Å². The van der Waals surface area contributed by atoms with E-state index in [0.717, 1.165) is 50.4 Å². The van der Waals surface area contributed by atoms with E-state index in [1.807, 2.05) is 35.0 Å². The standard InChI is InChI=1S/C31H34N8O3/c1-21-17-22(7-9-25(21)36-15-13-35(2)14-16-36)33-31-32-19-24-29(34-31)39-23-8-10-27-26(18-23)37(28(40)20-42-27)11-5-3-4-6-12-38(39)30(24)41/h4,6-10,17-19H,3,5,11-16,20H2,1-2H3,(H,32,33,34)/b6-4-.